The summed E-state index contributed by atoms with van der Waals surface area (Å²) in [5.41, 5.74) is 2.00. The number of hydrogen-bond acceptors (Lipinski definition) is 3. The minimum Gasteiger partial charge on any atom is -0.484 e. The van der Waals surface area contributed by atoms with Crippen molar-refractivity contribution in [3.63, 3.8) is 0 Å². The summed E-state index contributed by atoms with van der Waals surface area (Å²) in [7, 11) is 0. The number of rotatable bonds is 6. The van der Waals surface area contributed by atoms with Gasteiger partial charge in [0.15, 0.2) is 6.61 Å². The number of carbonyl (C=O) groups excluding carboxylic acids is 1. The summed E-state index contributed by atoms with van der Waals surface area (Å²) in [5, 5.41) is 6.96. The van der Waals surface area contributed by atoms with E-state index in [1.807, 2.05) is 49.0 Å². The Morgan fingerprint density at radius 3 is 2.90 bits per heavy atom. The molecule has 0 atom stereocenters. The Morgan fingerprint density at radius 2 is 2.20 bits per heavy atom. The van der Waals surface area contributed by atoms with Crippen molar-refractivity contribution in [1.82, 2.24) is 15.1 Å². The van der Waals surface area contributed by atoms with Gasteiger partial charge in [-0.05, 0) is 25.5 Å². The minimum atomic E-state index is -0.141. The van der Waals surface area contributed by atoms with Gasteiger partial charge in [-0.3, -0.25) is 9.48 Å². The zero-order chi connectivity index (χ0) is 14.4. The van der Waals surface area contributed by atoms with Crippen LogP contribution < -0.4 is 10.1 Å². The molecule has 20 heavy (non-hydrogen) atoms. The van der Waals surface area contributed by atoms with Gasteiger partial charge in [0.25, 0.3) is 5.91 Å². The smallest absolute Gasteiger partial charge is 0.258 e. The molecule has 0 unspecified atom stereocenters. The van der Waals surface area contributed by atoms with Crippen molar-refractivity contribution in [2.24, 2.45) is 0 Å². The number of carbonyl (C=O) groups is 1. The standard InChI is InChI=1S/C15H19N3O2/c1-3-18-10-13(9-17-18)8-16-15(19)11-20-14-7-5-4-6-12(14)2/h4-7,9-10H,3,8,11H2,1-2H3,(H,16,19). The highest BCUT2D eigenvalue weighted by Gasteiger charge is 2.05. The van der Waals surface area contributed by atoms with Crippen LogP contribution in [0.15, 0.2) is 36.7 Å². The molecule has 0 spiro atoms. The van der Waals surface area contributed by atoms with E-state index in [-0.39, 0.29) is 12.5 Å². The maximum atomic E-state index is 11.7. The van der Waals surface area contributed by atoms with E-state index in [1.165, 1.54) is 0 Å². The van der Waals surface area contributed by atoms with Gasteiger partial charge in [-0.25, -0.2) is 0 Å². The van der Waals surface area contributed by atoms with Crippen LogP contribution in [-0.2, 0) is 17.9 Å². The predicted molar refractivity (Wildman–Crippen MR) is 76.4 cm³/mol. The van der Waals surface area contributed by atoms with Gasteiger partial charge in [0.1, 0.15) is 5.75 Å². The molecule has 0 saturated carbocycles. The van der Waals surface area contributed by atoms with Crippen molar-refractivity contribution in [3.05, 3.63) is 47.8 Å². The van der Waals surface area contributed by atoms with E-state index in [2.05, 4.69) is 10.4 Å². The van der Waals surface area contributed by atoms with E-state index in [9.17, 15) is 4.79 Å². The van der Waals surface area contributed by atoms with E-state index >= 15 is 0 Å². The normalized spacial score (nSPS) is 10.3. The van der Waals surface area contributed by atoms with Crippen LogP contribution in [0, 0.1) is 6.92 Å². The second-order valence-electron chi connectivity index (χ2n) is 4.54. The summed E-state index contributed by atoms with van der Waals surface area (Å²) in [6, 6.07) is 7.63. The number of aryl methyl sites for hydroxylation is 2. The first kappa shape index (κ1) is 14.1. The zero-order valence-electron chi connectivity index (χ0n) is 11.8. The molecule has 1 N–H and O–H groups in total. The Bertz CT molecular complexity index is 578. The molecular formula is C15H19N3O2. The summed E-state index contributed by atoms with van der Waals surface area (Å²) < 4.78 is 7.31. The van der Waals surface area contributed by atoms with Crippen LogP contribution in [0.1, 0.15) is 18.1 Å². The number of nitrogens with zero attached hydrogens (tertiary/aromatic N) is 2. The van der Waals surface area contributed by atoms with Crippen molar-refractivity contribution >= 4 is 5.91 Å². The van der Waals surface area contributed by atoms with E-state index in [4.69, 9.17) is 4.74 Å². The Kier molecular flexibility index (Phi) is 4.76. The number of aromatic nitrogens is 2. The largest absolute Gasteiger partial charge is 0.484 e. The second-order valence-corrected chi connectivity index (χ2v) is 4.54. The molecule has 0 aliphatic carbocycles. The first-order valence-electron chi connectivity index (χ1n) is 6.65. The Balaban J connectivity index is 1.77. The average molecular weight is 273 g/mol. The predicted octanol–water partition coefficient (Wildman–Crippen LogP) is 1.91. The van der Waals surface area contributed by atoms with Crippen molar-refractivity contribution in [3.8, 4) is 5.75 Å². The minimum absolute atomic E-state index is 0.0206. The maximum Gasteiger partial charge on any atom is 0.258 e. The first-order valence-corrected chi connectivity index (χ1v) is 6.65. The molecule has 2 aromatic rings. The molecule has 1 heterocycles. The van der Waals surface area contributed by atoms with Crippen LogP contribution in [0.3, 0.4) is 0 Å². The molecule has 0 fully saturated rings. The van der Waals surface area contributed by atoms with Crippen LogP contribution in [-0.4, -0.2) is 22.3 Å². The lowest BCUT2D eigenvalue weighted by molar-refractivity contribution is -0.123. The fourth-order valence-electron chi connectivity index (χ4n) is 1.78. The number of ether oxygens (including phenoxy) is 1. The van der Waals surface area contributed by atoms with Crippen molar-refractivity contribution in [2.45, 2.75) is 26.9 Å². The molecule has 1 aromatic carbocycles. The SMILES string of the molecule is CCn1cc(CNC(=O)COc2ccccc2C)cn1. The molecule has 5 heteroatoms. The summed E-state index contributed by atoms with van der Waals surface area (Å²) >= 11 is 0. The zero-order valence-corrected chi connectivity index (χ0v) is 11.8. The molecule has 106 valence electrons. The van der Waals surface area contributed by atoms with Crippen molar-refractivity contribution < 1.29 is 9.53 Å². The molecule has 0 aliphatic rings. The second kappa shape index (κ2) is 6.75. The van der Waals surface area contributed by atoms with Crippen LogP contribution >= 0.6 is 0 Å². The fraction of sp³-hybridized carbons (Fsp3) is 0.333. The lowest BCUT2D eigenvalue weighted by atomic mass is 10.2. The molecule has 0 saturated heterocycles. The summed E-state index contributed by atoms with van der Waals surface area (Å²) in [6.07, 6.45) is 3.68. The molecule has 0 bridgehead atoms. The first-order chi connectivity index (χ1) is 9.69. The quantitative estimate of drug-likeness (QED) is 0.874. The molecule has 1 aromatic heterocycles. The van der Waals surface area contributed by atoms with Crippen molar-refractivity contribution in [2.75, 3.05) is 6.61 Å². The van der Waals surface area contributed by atoms with Crippen LogP contribution in [0.5, 0.6) is 5.75 Å². The fourth-order valence-corrected chi connectivity index (χ4v) is 1.78. The molecule has 5 nitrogen and oxygen atoms in total. The lowest BCUT2D eigenvalue weighted by Gasteiger charge is -2.08. The van der Waals surface area contributed by atoms with E-state index in [0.717, 1.165) is 23.4 Å². The van der Waals surface area contributed by atoms with Gasteiger partial charge in [-0.1, -0.05) is 18.2 Å². The number of amides is 1. The number of nitrogens with one attached hydrogen (secondary N) is 1. The maximum absolute atomic E-state index is 11.7. The number of para-hydroxylation sites is 1. The van der Waals surface area contributed by atoms with Gasteiger partial charge >= 0.3 is 0 Å². The van der Waals surface area contributed by atoms with E-state index < -0.39 is 0 Å². The summed E-state index contributed by atoms with van der Waals surface area (Å²) in [4.78, 5) is 11.7. The van der Waals surface area contributed by atoms with Gasteiger partial charge in [0, 0.05) is 24.8 Å². The summed E-state index contributed by atoms with van der Waals surface area (Å²) in [6.45, 7) is 5.28. The van der Waals surface area contributed by atoms with Crippen molar-refractivity contribution in [1.29, 1.82) is 0 Å². The Morgan fingerprint density at radius 1 is 1.40 bits per heavy atom. The topological polar surface area (TPSA) is 56.2 Å². The average Bonchev–Trinajstić information content (AvgIpc) is 2.92. The monoisotopic (exact) mass is 273 g/mol. The summed E-state index contributed by atoms with van der Waals surface area (Å²) in [5.74, 6) is 0.596. The van der Waals surface area contributed by atoms with Crippen LogP contribution in [0.4, 0.5) is 0 Å². The van der Waals surface area contributed by atoms with Gasteiger partial charge in [-0.15, -0.1) is 0 Å². The van der Waals surface area contributed by atoms with E-state index in [1.54, 1.807) is 6.20 Å². The number of hydrogen-bond donors (Lipinski definition) is 1. The van der Waals surface area contributed by atoms with Gasteiger partial charge in [0.05, 0.1) is 6.20 Å². The third kappa shape index (κ3) is 3.85. The van der Waals surface area contributed by atoms with E-state index in [0.29, 0.717) is 6.54 Å². The third-order valence-electron chi connectivity index (χ3n) is 2.95. The highest BCUT2D eigenvalue weighted by Crippen LogP contribution is 2.15. The third-order valence-corrected chi connectivity index (χ3v) is 2.95. The molecule has 1 amide bonds. The molecule has 0 aliphatic heterocycles. The Labute approximate surface area is 118 Å². The van der Waals surface area contributed by atoms with Gasteiger partial charge in [-0.2, -0.15) is 5.10 Å². The van der Waals surface area contributed by atoms with Gasteiger partial charge in [0.2, 0.25) is 0 Å². The molecule has 2 rings (SSSR count). The van der Waals surface area contributed by atoms with Crippen LogP contribution in [0.2, 0.25) is 0 Å². The molecular weight excluding hydrogens is 254 g/mol. The van der Waals surface area contributed by atoms with Gasteiger partial charge < -0.3 is 10.1 Å². The van der Waals surface area contributed by atoms with Crippen LogP contribution in [0.25, 0.3) is 0 Å². The molecule has 0 radical (unpaired) electrons. The lowest BCUT2D eigenvalue weighted by Crippen LogP contribution is -2.28. The Hall–Kier alpha value is -2.30. The number of benzene rings is 1. The highest BCUT2D eigenvalue weighted by atomic mass is 16.5. The highest BCUT2D eigenvalue weighted by molar-refractivity contribution is 5.77.